The molecular weight excluding hydrogens is 272 g/mol. The maximum absolute atomic E-state index is 11.9. The van der Waals surface area contributed by atoms with Crippen LogP contribution in [-0.2, 0) is 10.2 Å². The van der Waals surface area contributed by atoms with Crippen molar-refractivity contribution in [3.05, 3.63) is 35.4 Å². The summed E-state index contributed by atoms with van der Waals surface area (Å²) in [6, 6.07) is 9.29. The van der Waals surface area contributed by atoms with Crippen LogP contribution in [0.3, 0.4) is 0 Å². The van der Waals surface area contributed by atoms with Crippen molar-refractivity contribution >= 4 is 6.41 Å². The number of carbonyl (C=O) groups is 1. The van der Waals surface area contributed by atoms with Crippen LogP contribution in [0.15, 0.2) is 24.3 Å². The third kappa shape index (κ3) is 2.18. The molecule has 0 aromatic heterocycles. The Morgan fingerprint density at radius 3 is 2.59 bits per heavy atom. The molecule has 1 saturated carbocycles. The summed E-state index contributed by atoms with van der Waals surface area (Å²) in [6.07, 6.45) is 8.62. The lowest BCUT2D eigenvalue weighted by atomic mass is 9.66. The van der Waals surface area contributed by atoms with E-state index in [-0.39, 0.29) is 5.41 Å². The highest BCUT2D eigenvalue weighted by molar-refractivity contribution is 5.54. The number of nitrogens with one attached hydrogen (secondary N) is 1. The van der Waals surface area contributed by atoms with E-state index in [2.05, 4.69) is 34.5 Å². The fourth-order valence-electron chi connectivity index (χ4n) is 5.18. The minimum absolute atomic E-state index is 0.178. The van der Waals surface area contributed by atoms with Gasteiger partial charge in [-0.05, 0) is 55.8 Å². The number of benzene rings is 1. The number of amides is 1. The van der Waals surface area contributed by atoms with Crippen LogP contribution < -0.4 is 5.32 Å². The molecule has 1 saturated heterocycles. The molecule has 1 aliphatic carbocycles. The number of hydrogen-bond donors (Lipinski definition) is 1. The van der Waals surface area contributed by atoms with Gasteiger partial charge in [0, 0.05) is 12.0 Å². The van der Waals surface area contributed by atoms with E-state index >= 15 is 0 Å². The van der Waals surface area contributed by atoms with Gasteiger partial charge in [-0.3, -0.25) is 4.79 Å². The van der Waals surface area contributed by atoms with Crippen molar-refractivity contribution in [2.45, 2.75) is 50.0 Å². The van der Waals surface area contributed by atoms with Crippen molar-refractivity contribution in [1.82, 2.24) is 10.2 Å². The van der Waals surface area contributed by atoms with E-state index in [1.807, 2.05) is 0 Å². The topological polar surface area (TPSA) is 32.3 Å². The normalized spacial score (nSPS) is 27.8. The first-order valence-electron chi connectivity index (χ1n) is 8.85. The van der Waals surface area contributed by atoms with Gasteiger partial charge in [0.25, 0.3) is 0 Å². The summed E-state index contributed by atoms with van der Waals surface area (Å²) in [4.78, 5) is 14.0. The predicted octanol–water partition coefficient (Wildman–Crippen LogP) is 3.01. The number of carbonyl (C=O) groups excluding carboxylic acids is 1. The van der Waals surface area contributed by atoms with Gasteiger partial charge >= 0.3 is 0 Å². The first-order valence-corrected chi connectivity index (χ1v) is 8.85. The minimum Gasteiger partial charge on any atom is -0.337 e. The molecule has 22 heavy (non-hydrogen) atoms. The van der Waals surface area contributed by atoms with Crippen molar-refractivity contribution in [2.75, 3.05) is 19.6 Å². The Morgan fingerprint density at radius 1 is 1.14 bits per heavy atom. The van der Waals surface area contributed by atoms with Gasteiger partial charge in [-0.25, -0.2) is 0 Å². The quantitative estimate of drug-likeness (QED) is 0.851. The van der Waals surface area contributed by atoms with Gasteiger partial charge in [-0.1, -0.05) is 37.1 Å². The summed E-state index contributed by atoms with van der Waals surface area (Å²) in [6.45, 7) is 3.04. The fraction of sp³-hybridized carbons (Fsp3) is 0.632. The average Bonchev–Trinajstić information content (AvgIpc) is 3.10. The van der Waals surface area contributed by atoms with E-state index in [4.69, 9.17) is 0 Å². The Balaban J connectivity index is 1.79. The zero-order valence-electron chi connectivity index (χ0n) is 13.3. The van der Waals surface area contributed by atoms with Crippen molar-refractivity contribution in [3.63, 3.8) is 0 Å². The zero-order chi connectivity index (χ0) is 15.0. The molecule has 1 atom stereocenters. The average molecular weight is 298 g/mol. The van der Waals surface area contributed by atoms with Crippen LogP contribution in [0.2, 0.25) is 0 Å². The molecule has 1 unspecified atom stereocenters. The minimum atomic E-state index is 0.178. The fourth-order valence-corrected chi connectivity index (χ4v) is 5.18. The Hall–Kier alpha value is -1.35. The van der Waals surface area contributed by atoms with E-state index < -0.39 is 0 Å². The van der Waals surface area contributed by atoms with E-state index in [1.165, 1.54) is 36.8 Å². The highest BCUT2D eigenvalue weighted by atomic mass is 16.1. The second kappa shape index (κ2) is 5.69. The van der Waals surface area contributed by atoms with Crippen molar-refractivity contribution in [2.24, 2.45) is 5.92 Å². The van der Waals surface area contributed by atoms with Gasteiger partial charge in [-0.2, -0.15) is 0 Å². The third-order valence-corrected chi connectivity index (χ3v) is 6.24. The van der Waals surface area contributed by atoms with Gasteiger partial charge in [0.15, 0.2) is 0 Å². The molecule has 1 spiro atoms. The predicted molar refractivity (Wildman–Crippen MR) is 87.7 cm³/mol. The third-order valence-electron chi connectivity index (χ3n) is 6.24. The van der Waals surface area contributed by atoms with Crippen molar-refractivity contribution in [1.29, 1.82) is 0 Å². The molecule has 1 N–H and O–H groups in total. The summed E-state index contributed by atoms with van der Waals surface area (Å²) >= 11 is 0. The van der Waals surface area contributed by atoms with Crippen LogP contribution in [-0.4, -0.2) is 30.9 Å². The van der Waals surface area contributed by atoms with Gasteiger partial charge in [0.2, 0.25) is 6.41 Å². The van der Waals surface area contributed by atoms with Crippen molar-refractivity contribution in [3.8, 4) is 0 Å². The zero-order valence-corrected chi connectivity index (χ0v) is 13.3. The van der Waals surface area contributed by atoms with Crippen LogP contribution in [0.1, 0.15) is 55.7 Å². The largest absolute Gasteiger partial charge is 0.337 e. The Labute approximate surface area is 133 Å². The second-order valence-electron chi connectivity index (χ2n) is 7.38. The van der Waals surface area contributed by atoms with Crippen LogP contribution in [0.25, 0.3) is 0 Å². The van der Waals surface area contributed by atoms with Gasteiger partial charge in [0.1, 0.15) is 0 Å². The SMILES string of the molecule is O=CN1CC2(CCNCC2)c2ccccc2C1C1CCCC1. The number of hydrogen-bond acceptors (Lipinski definition) is 2. The summed E-state index contributed by atoms with van der Waals surface area (Å²) in [5, 5.41) is 3.48. The van der Waals surface area contributed by atoms with E-state index in [1.54, 1.807) is 0 Å². The lowest BCUT2D eigenvalue weighted by Crippen LogP contribution is -2.53. The summed E-state index contributed by atoms with van der Waals surface area (Å²) in [5.41, 5.74) is 3.15. The lowest BCUT2D eigenvalue weighted by molar-refractivity contribution is -0.123. The van der Waals surface area contributed by atoms with Crippen LogP contribution in [0.5, 0.6) is 0 Å². The van der Waals surface area contributed by atoms with Crippen LogP contribution in [0.4, 0.5) is 0 Å². The maximum atomic E-state index is 11.9. The molecule has 1 amide bonds. The molecule has 2 aliphatic heterocycles. The van der Waals surface area contributed by atoms with E-state index in [9.17, 15) is 4.79 Å². The highest BCUT2D eigenvalue weighted by Gasteiger charge is 2.45. The number of nitrogens with zero attached hydrogens (tertiary/aromatic N) is 1. The number of fused-ring (bicyclic) bond motifs is 2. The molecule has 118 valence electrons. The van der Waals surface area contributed by atoms with Crippen LogP contribution >= 0.6 is 0 Å². The lowest BCUT2D eigenvalue weighted by Gasteiger charge is -2.50. The van der Waals surface area contributed by atoms with Gasteiger partial charge in [-0.15, -0.1) is 0 Å². The molecule has 0 radical (unpaired) electrons. The van der Waals surface area contributed by atoms with Gasteiger partial charge < -0.3 is 10.2 Å². The first kappa shape index (κ1) is 14.3. The van der Waals surface area contributed by atoms with E-state index in [0.717, 1.165) is 38.9 Å². The smallest absolute Gasteiger partial charge is 0.210 e. The van der Waals surface area contributed by atoms with Gasteiger partial charge in [0.05, 0.1) is 6.04 Å². The van der Waals surface area contributed by atoms with E-state index in [0.29, 0.717) is 12.0 Å². The molecule has 1 aromatic carbocycles. The first-order chi connectivity index (χ1) is 10.8. The Morgan fingerprint density at radius 2 is 1.86 bits per heavy atom. The molecule has 2 heterocycles. The molecule has 3 aliphatic rings. The van der Waals surface area contributed by atoms with Crippen molar-refractivity contribution < 1.29 is 4.79 Å². The number of rotatable bonds is 2. The second-order valence-corrected chi connectivity index (χ2v) is 7.38. The molecule has 3 nitrogen and oxygen atoms in total. The highest BCUT2D eigenvalue weighted by Crippen LogP contribution is 2.49. The molecule has 2 fully saturated rings. The summed E-state index contributed by atoms with van der Waals surface area (Å²) in [7, 11) is 0. The Kier molecular flexibility index (Phi) is 3.69. The maximum Gasteiger partial charge on any atom is 0.210 e. The molecule has 1 aromatic rings. The summed E-state index contributed by atoms with van der Waals surface area (Å²) in [5.74, 6) is 0.658. The monoisotopic (exact) mass is 298 g/mol. The molecule has 4 rings (SSSR count). The molecule has 0 bridgehead atoms. The summed E-state index contributed by atoms with van der Waals surface area (Å²) < 4.78 is 0. The number of piperidine rings is 1. The molecular formula is C19H26N2O. The standard InChI is InChI=1S/C19H26N2O/c22-14-21-13-19(9-11-20-12-10-19)17-8-4-3-7-16(17)18(21)15-5-1-2-6-15/h3-4,7-8,14-15,18,20H,1-2,5-6,9-13H2. The Bertz CT molecular complexity index is 544. The molecule has 3 heteroatoms. The van der Waals surface area contributed by atoms with Crippen LogP contribution in [0, 0.1) is 5.92 Å².